The summed E-state index contributed by atoms with van der Waals surface area (Å²) in [5, 5.41) is 9.62. The summed E-state index contributed by atoms with van der Waals surface area (Å²) in [6.45, 7) is 0.609. The van der Waals surface area contributed by atoms with Crippen molar-refractivity contribution >= 4 is 23.2 Å². The Labute approximate surface area is 112 Å². The molecule has 6 heteroatoms. The molecule has 1 aromatic heterocycles. The van der Waals surface area contributed by atoms with E-state index in [-0.39, 0.29) is 6.61 Å². The third-order valence-corrected chi connectivity index (χ3v) is 3.79. The molecule has 100 valence electrons. The number of rotatable bonds is 4. The number of hydrogen-bond acceptors (Lipinski definition) is 5. The number of aliphatic hydroxyl groups is 1. The van der Waals surface area contributed by atoms with E-state index in [4.69, 9.17) is 17.3 Å². The molecule has 0 amide bonds. The first kappa shape index (κ1) is 13.4. The molecule has 1 aromatic rings. The number of anilines is 2. The Kier molecular flexibility index (Phi) is 4.60. The summed E-state index contributed by atoms with van der Waals surface area (Å²) in [6, 6.07) is 0.387. The van der Waals surface area contributed by atoms with Crippen LogP contribution in [0.1, 0.15) is 32.1 Å². The van der Waals surface area contributed by atoms with Crippen LogP contribution in [0.3, 0.4) is 0 Å². The molecule has 0 spiro atoms. The van der Waals surface area contributed by atoms with Crippen LogP contribution in [0.4, 0.5) is 11.6 Å². The Hall–Kier alpha value is -1.07. The Morgan fingerprint density at radius 2 is 2.06 bits per heavy atom. The molecule has 1 aliphatic rings. The second-order valence-electron chi connectivity index (χ2n) is 4.61. The Morgan fingerprint density at radius 1 is 1.33 bits per heavy atom. The molecule has 3 N–H and O–H groups in total. The highest BCUT2D eigenvalue weighted by atomic mass is 35.5. The maximum absolute atomic E-state index is 9.23. The first-order valence-electron chi connectivity index (χ1n) is 6.37. The van der Waals surface area contributed by atoms with Crippen LogP contribution in [0, 0.1) is 0 Å². The standard InChI is InChI=1S/C12H19ClN4O/c13-10-11(14)15-8-16-12(10)17(6-7-18)9-4-2-1-3-5-9/h8-9,18H,1-7H2,(H2,14,15,16). The normalized spacial score (nSPS) is 16.8. The minimum atomic E-state index is 0.0801. The van der Waals surface area contributed by atoms with E-state index in [0.717, 1.165) is 12.8 Å². The van der Waals surface area contributed by atoms with E-state index < -0.39 is 0 Å². The molecule has 0 radical (unpaired) electrons. The van der Waals surface area contributed by atoms with E-state index in [0.29, 0.717) is 29.2 Å². The smallest absolute Gasteiger partial charge is 0.153 e. The molecule has 0 saturated heterocycles. The van der Waals surface area contributed by atoms with Crippen LogP contribution in [0.5, 0.6) is 0 Å². The summed E-state index contributed by atoms with van der Waals surface area (Å²) >= 11 is 6.17. The van der Waals surface area contributed by atoms with Crippen molar-refractivity contribution in [3.63, 3.8) is 0 Å². The molecule has 0 unspecified atom stereocenters. The van der Waals surface area contributed by atoms with Crippen molar-refractivity contribution in [3.8, 4) is 0 Å². The Balaban J connectivity index is 2.25. The largest absolute Gasteiger partial charge is 0.395 e. The third kappa shape index (κ3) is 2.84. The van der Waals surface area contributed by atoms with Gasteiger partial charge in [-0.05, 0) is 12.8 Å². The molecular formula is C12H19ClN4O. The van der Waals surface area contributed by atoms with E-state index in [1.54, 1.807) is 0 Å². The Bertz CT molecular complexity index is 396. The molecule has 1 saturated carbocycles. The summed E-state index contributed by atoms with van der Waals surface area (Å²) < 4.78 is 0. The van der Waals surface area contributed by atoms with Gasteiger partial charge in [-0.25, -0.2) is 9.97 Å². The van der Waals surface area contributed by atoms with Gasteiger partial charge in [-0.2, -0.15) is 0 Å². The fraction of sp³-hybridized carbons (Fsp3) is 0.667. The molecule has 5 nitrogen and oxygen atoms in total. The molecular weight excluding hydrogens is 252 g/mol. The van der Waals surface area contributed by atoms with Gasteiger partial charge in [0.05, 0.1) is 6.61 Å². The van der Waals surface area contributed by atoms with Gasteiger partial charge in [0, 0.05) is 12.6 Å². The average molecular weight is 271 g/mol. The van der Waals surface area contributed by atoms with Crippen LogP contribution in [-0.2, 0) is 0 Å². The van der Waals surface area contributed by atoms with Gasteiger partial charge in [0.2, 0.25) is 0 Å². The first-order valence-corrected chi connectivity index (χ1v) is 6.75. The topological polar surface area (TPSA) is 75.3 Å². The first-order chi connectivity index (χ1) is 8.74. The molecule has 0 bridgehead atoms. The van der Waals surface area contributed by atoms with E-state index in [1.807, 2.05) is 0 Å². The summed E-state index contributed by atoms with van der Waals surface area (Å²) in [7, 11) is 0. The SMILES string of the molecule is Nc1ncnc(N(CCO)C2CCCCC2)c1Cl. The number of aromatic nitrogens is 2. The lowest BCUT2D eigenvalue weighted by Crippen LogP contribution is -2.39. The number of hydrogen-bond donors (Lipinski definition) is 2. The molecule has 1 fully saturated rings. The number of nitrogens with zero attached hydrogens (tertiary/aromatic N) is 3. The minimum absolute atomic E-state index is 0.0801. The van der Waals surface area contributed by atoms with Gasteiger partial charge in [-0.1, -0.05) is 30.9 Å². The monoisotopic (exact) mass is 270 g/mol. The van der Waals surface area contributed by atoms with Crippen LogP contribution >= 0.6 is 11.6 Å². The highest BCUT2D eigenvalue weighted by Gasteiger charge is 2.24. The van der Waals surface area contributed by atoms with Gasteiger partial charge >= 0.3 is 0 Å². The van der Waals surface area contributed by atoms with Crippen molar-refractivity contribution in [3.05, 3.63) is 11.3 Å². The zero-order valence-electron chi connectivity index (χ0n) is 10.3. The lowest BCUT2D eigenvalue weighted by Gasteiger charge is -2.35. The molecule has 0 aliphatic heterocycles. The summed E-state index contributed by atoms with van der Waals surface area (Å²) in [5.41, 5.74) is 5.71. The predicted molar refractivity (Wildman–Crippen MR) is 72.8 cm³/mol. The van der Waals surface area contributed by atoms with Crippen LogP contribution in [0.15, 0.2) is 6.33 Å². The number of halogens is 1. The average Bonchev–Trinajstić information content (AvgIpc) is 2.41. The van der Waals surface area contributed by atoms with Gasteiger partial charge in [-0.3, -0.25) is 0 Å². The van der Waals surface area contributed by atoms with Crippen LogP contribution < -0.4 is 10.6 Å². The summed E-state index contributed by atoms with van der Waals surface area (Å²) in [5.74, 6) is 0.936. The van der Waals surface area contributed by atoms with Crippen molar-refractivity contribution in [2.24, 2.45) is 0 Å². The third-order valence-electron chi connectivity index (χ3n) is 3.43. The lowest BCUT2D eigenvalue weighted by atomic mass is 9.94. The molecule has 1 heterocycles. The summed E-state index contributed by atoms with van der Waals surface area (Å²) in [4.78, 5) is 10.2. The van der Waals surface area contributed by atoms with E-state index in [1.165, 1.54) is 25.6 Å². The highest BCUT2D eigenvalue weighted by molar-refractivity contribution is 6.35. The number of nitrogen functional groups attached to an aromatic ring is 1. The van der Waals surface area contributed by atoms with E-state index in [2.05, 4.69) is 14.9 Å². The number of aliphatic hydroxyl groups excluding tert-OH is 1. The van der Waals surface area contributed by atoms with E-state index in [9.17, 15) is 5.11 Å². The van der Waals surface area contributed by atoms with Crippen molar-refractivity contribution < 1.29 is 5.11 Å². The molecule has 0 atom stereocenters. The van der Waals surface area contributed by atoms with Gasteiger partial charge in [0.1, 0.15) is 17.2 Å². The second kappa shape index (κ2) is 6.20. The fourth-order valence-electron chi connectivity index (χ4n) is 2.54. The Morgan fingerprint density at radius 3 is 2.72 bits per heavy atom. The zero-order chi connectivity index (χ0) is 13.0. The van der Waals surface area contributed by atoms with Gasteiger partial charge < -0.3 is 15.7 Å². The van der Waals surface area contributed by atoms with Crippen molar-refractivity contribution in [2.45, 2.75) is 38.1 Å². The van der Waals surface area contributed by atoms with Crippen molar-refractivity contribution in [2.75, 3.05) is 23.8 Å². The van der Waals surface area contributed by atoms with Crippen LogP contribution in [-0.4, -0.2) is 34.3 Å². The maximum Gasteiger partial charge on any atom is 0.153 e. The molecule has 1 aliphatic carbocycles. The van der Waals surface area contributed by atoms with Gasteiger partial charge in [0.15, 0.2) is 5.82 Å². The molecule has 2 rings (SSSR count). The number of nitrogens with two attached hydrogens (primary N) is 1. The maximum atomic E-state index is 9.23. The molecule has 0 aromatic carbocycles. The zero-order valence-corrected chi connectivity index (χ0v) is 11.1. The fourth-order valence-corrected chi connectivity index (χ4v) is 2.74. The summed E-state index contributed by atoms with van der Waals surface area (Å²) in [6.07, 6.45) is 7.35. The minimum Gasteiger partial charge on any atom is -0.395 e. The van der Waals surface area contributed by atoms with Crippen LogP contribution in [0.25, 0.3) is 0 Å². The van der Waals surface area contributed by atoms with Gasteiger partial charge in [0.25, 0.3) is 0 Å². The van der Waals surface area contributed by atoms with Crippen molar-refractivity contribution in [1.82, 2.24) is 9.97 Å². The van der Waals surface area contributed by atoms with Gasteiger partial charge in [-0.15, -0.1) is 0 Å². The highest BCUT2D eigenvalue weighted by Crippen LogP contribution is 2.32. The van der Waals surface area contributed by atoms with Crippen LogP contribution in [0.2, 0.25) is 5.02 Å². The van der Waals surface area contributed by atoms with Crippen molar-refractivity contribution in [1.29, 1.82) is 0 Å². The lowest BCUT2D eigenvalue weighted by molar-refractivity contribution is 0.289. The quantitative estimate of drug-likeness (QED) is 0.873. The second-order valence-corrected chi connectivity index (χ2v) is 4.98. The molecule has 18 heavy (non-hydrogen) atoms. The predicted octanol–water partition coefficient (Wildman–Crippen LogP) is 1.84. The van der Waals surface area contributed by atoms with E-state index >= 15 is 0 Å².